The van der Waals surface area contributed by atoms with Crippen molar-refractivity contribution in [3.63, 3.8) is 0 Å². The van der Waals surface area contributed by atoms with Gasteiger partial charge in [-0.05, 0) is 68.4 Å². The molecule has 1 N–H and O–H groups in total. The quantitative estimate of drug-likeness (QED) is 0.580. The summed E-state index contributed by atoms with van der Waals surface area (Å²) in [5.74, 6) is -0.0869. The third-order valence-corrected chi connectivity index (χ3v) is 5.40. The molecule has 1 aliphatic rings. The summed E-state index contributed by atoms with van der Waals surface area (Å²) >= 11 is 17.4. The minimum Gasteiger partial charge on any atom is -0.328 e. The molecular weight excluding hydrogens is 389 g/mol. The molecule has 0 spiro atoms. The van der Waals surface area contributed by atoms with Crippen LogP contribution in [0.2, 0.25) is 10.0 Å². The predicted octanol–water partition coefficient (Wildman–Crippen LogP) is 4.87. The van der Waals surface area contributed by atoms with Gasteiger partial charge in [-0.25, -0.2) is 0 Å². The van der Waals surface area contributed by atoms with Gasteiger partial charge in [0.15, 0.2) is 5.11 Å². The van der Waals surface area contributed by atoms with Gasteiger partial charge in [0.05, 0.1) is 10.0 Å². The van der Waals surface area contributed by atoms with Gasteiger partial charge in [0.1, 0.15) is 5.70 Å². The second kappa shape index (κ2) is 7.43. The Bertz CT molecular complexity index is 933. The van der Waals surface area contributed by atoms with Crippen LogP contribution < -0.4 is 5.32 Å². The molecule has 0 radical (unpaired) electrons. The molecule has 7 heteroatoms. The Balaban J connectivity index is 2.00. The van der Waals surface area contributed by atoms with Crippen LogP contribution in [0.3, 0.4) is 0 Å². The van der Waals surface area contributed by atoms with Gasteiger partial charge in [-0.3, -0.25) is 9.69 Å². The molecule has 1 fully saturated rings. The number of halogens is 2. The summed E-state index contributed by atoms with van der Waals surface area (Å²) in [6.45, 7) is 6.64. The van der Waals surface area contributed by atoms with Crippen LogP contribution in [0, 0.1) is 13.8 Å². The number of nitrogens with one attached hydrogen (secondary N) is 1. The van der Waals surface area contributed by atoms with E-state index in [9.17, 15) is 4.79 Å². The number of carbonyl (C=O) groups is 1. The van der Waals surface area contributed by atoms with Crippen molar-refractivity contribution in [3.8, 4) is 5.69 Å². The van der Waals surface area contributed by atoms with Crippen molar-refractivity contribution in [2.24, 2.45) is 0 Å². The largest absolute Gasteiger partial charge is 0.328 e. The highest BCUT2D eigenvalue weighted by molar-refractivity contribution is 7.80. The number of thiocarbonyl (C=S) groups is 1. The normalized spacial score (nSPS) is 15.9. The molecule has 1 saturated heterocycles. The number of aromatic nitrogens is 1. The van der Waals surface area contributed by atoms with Crippen LogP contribution in [0.4, 0.5) is 0 Å². The van der Waals surface area contributed by atoms with Crippen LogP contribution in [0.25, 0.3) is 11.8 Å². The summed E-state index contributed by atoms with van der Waals surface area (Å²) < 4.78 is 2.08. The van der Waals surface area contributed by atoms with Crippen LogP contribution in [0.1, 0.15) is 30.3 Å². The van der Waals surface area contributed by atoms with Crippen molar-refractivity contribution in [3.05, 3.63) is 57.0 Å². The van der Waals surface area contributed by atoms with Gasteiger partial charge >= 0.3 is 0 Å². The van der Waals surface area contributed by atoms with Gasteiger partial charge in [-0.1, -0.05) is 30.1 Å². The lowest BCUT2D eigenvalue weighted by Gasteiger charge is -2.11. The second-order valence-corrected chi connectivity index (χ2v) is 7.41. The van der Waals surface area contributed by atoms with Crippen molar-refractivity contribution in [1.82, 2.24) is 14.8 Å². The third kappa shape index (κ3) is 3.39. The van der Waals surface area contributed by atoms with E-state index >= 15 is 0 Å². The smallest absolute Gasteiger partial charge is 0.276 e. The van der Waals surface area contributed by atoms with Crippen LogP contribution in [-0.2, 0) is 4.79 Å². The number of hydrogen-bond donors (Lipinski definition) is 1. The lowest BCUT2D eigenvalue weighted by atomic mass is 10.2. The molecule has 0 saturated carbocycles. The van der Waals surface area contributed by atoms with Gasteiger partial charge < -0.3 is 9.88 Å². The molecule has 136 valence electrons. The van der Waals surface area contributed by atoms with Crippen LogP contribution in [0.15, 0.2) is 30.0 Å². The monoisotopic (exact) mass is 407 g/mol. The lowest BCUT2D eigenvalue weighted by Crippen LogP contribution is -2.31. The number of rotatable bonds is 4. The third-order valence-electron chi connectivity index (χ3n) is 4.34. The molecule has 1 aliphatic heterocycles. The molecule has 1 aromatic carbocycles. The Kier molecular flexibility index (Phi) is 5.42. The maximum absolute atomic E-state index is 12.5. The number of nitrogens with zero attached hydrogens (tertiary/aromatic N) is 2. The molecule has 26 heavy (non-hydrogen) atoms. The average Bonchev–Trinajstić information content (AvgIpc) is 3.01. The fourth-order valence-electron chi connectivity index (χ4n) is 3.11. The molecule has 1 aromatic heterocycles. The van der Waals surface area contributed by atoms with Gasteiger partial charge in [-0.15, -0.1) is 0 Å². The highest BCUT2D eigenvalue weighted by atomic mass is 35.5. The summed E-state index contributed by atoms with van der Waals surface area (Å²) in [6, 6.07) is 7.56. The van der Waals surface area contributed by atoms with Gasteiger partial charge in [0.25, 0.3) is 5.91 Å². The SMILES string of the molecule is CCCN1C(=O)/C(=C/c2cc(C)n(-c3ccc(Cl)c(Cl)c3)c2C)NC1=S. The van der Waals surface area contributed by atoms with Crippen molar-refractivity contribution in [1.29, 1.82) is 0 Å². The zero-order chi connectivity index (χ0) is 19.0. The zero-order valence-corrected chi connectivity index (χ0v) is 17.1. The number of carbonyl (C=O) groups excluding carboxylic acids is 1. The lowest BCUT2D eigenvalue weighted by molar-refractivity contribution is -0.122. The van der Waals surface area contributed by atoms with E-state index in [0.29, 0.717) is 27.4 Å². The fourth-order valence-corrected chi connectivity index (χ4v) is 3.69. The Morgan fingerprint density at radius 2 is 1.92 bits per heavy atom. The van der Waals surface area contributed by atoms with Gasteiger partial charge in [0, 0.05) is 23.6 Å². The van der Waals surface area contributed by atoms with Crippen LogP contribution >= 0.6 is 35.4 Å². The molecule has 0 bridgehead atoms. The number of benzene rings is 1. The minimum atomic E-state index is -0.0869. The first-order valence-corrected chi connectivity index (χ1v) is 9.48. The highest BCUT2D eigenvalue weighted by Gasteiger charge is 2.30. The molecule has 3 rings (SSSR count). The molecule has 1 amide bonds. The molecule has 4 nitrogen and oxygen atoms in total. The maximum atomic E-state index is 12.5. The van der Waals surface area contributed by atoms with Crippen LogP contribution in [-0.4, -0.2) is 27.0 Å². The standard InChI is InChI=1S/C19H19Cl2N3OS/c1-4-7-23-18(25)17(22-19(23)26)9-13-8-11(2)24(12(13)3)14-5-6-15(20)16(21)10-14/h5-6,8-10H,4,7H2,1-3H3,(H,22,26)/b17-9-. The van der Waals surface area contributed by atoms with E-state index in [1.165, 1.54) is 0 Å². The van der Waals surface area contributed by atoms with Crippen molar-refractivity contribution in [2.45, 2.75) is 27.2 Å². The summed E-state index contributed by atoms with van der Waals surface area (Å²) in [6.07, 6.45) is 2.70. The Hall–Kier alpha value is -1.82. The van der Waals surface area contributed by atoms with Crippen LogP contribution in [0.5, 0.6) is 0 Å². The van der Waals surface area contributed by atoms with Crippen molar-refractivity contribution in [2.75, 3.05) is 6.54 Å². The predicted molar refractivity (Wildman–Crippen MR) is 111 cm³/mol. The first-order valence-electron chi connectivity index (χ1n) is 8.32. The van der Waals surface area contributed by atoms with Gasteiger partial charge in [0.2, 0.25) is 0 Å². The van der Waals surface area contributed by atoms with E-state index in [1.54, 1.807) is 11.0 Å². The first kappa shape index (κ1) is 19.0. The summed E-state index contributed by atoms with van der Waals surface area (Å²) in [7, 11) is 0. The zero-order valence-electron chi connectivity index (χ0n) is 14.8. The Morgan fingerprint density at radius 3 is 2.58 bits per heavy atom. The Labute approximate surface area is 168 Å². The summed E-state index contributed by atoms with van der Waals surface area (Å²) in [4.78, 5) is 14.1. The average molecular weight is 408 g/mol. The van der Waals surface area contributed by atoms with Crippen molar-refractivity contribution < 1.29 is 4.79 Å². The van der Waals surface area contributed by atoms with E-state index < -0.39 is 0 Å². The van der Waals surface area contributed by atoms with Gasteiger partial charge in [-0.2, -0.15) is 0 Å². The first-order chi connectivity index (χ1) is 12.3. The fraction of sp³-hybridized carbons (Fsp3) is 0.263. The molecule has 2 heterocycles. The van der Waals surface area contributed by atoms with E-state index in [1.807, 2.05) is 45.0 Å². The summed E-state index contributed by atoms with van der Waals surface area (Å²) in [5.41, 5.74) is 4.41. The van der Waals surface area contributed by atoms with E-state index in [-0.39, 0.29) is 5.91 Å². The topological polar surface area (TPSA) is 37.3 Å². The Morgan fingerprint density at radius 1 is 1.19 bits per heavy atom. The van der Waals surface area contributed by atoms with Crippen molar-refractivity contribution >= 4 is 52.5 Å². The maximum Gasteiger partial charge on any atom is 0.276 e. The minimum absolute atomic E-state index is 0.0869. The molecular formula is C19H19Cl2N3OS. The van der Waals surface area contributed by atoms with E-state index in [4.69, 9.17) is 35.4 Å². The van der Waals surface area contributed by atoms with E-state index in [0.717, 1.165) is 29.1 Å². The molecule has 0 unspecified atom stereocenters. The second-order valence-electron chi connectivity index (χ2n) is 6.21. The molecule has 2 aromatic rings. The number of amides is 1. The van der Waals surface area contributed by atoms with E-state index in [2.05, 4.69) is 9.88 Å². The molecule has 0 aliphatic carbocycles. The summed E-state index contributed by atoms with van der Waals surface area (Å²) in [5, 5.41) is 4.50. The molecule has 0 atom stereocenters. The number of aryl methyl sites for hydroxylation is 1. The highest BCUT2D eigenvalue weighted by Crippen LogP contribution is 2.28. The number of hydrogen-bond acceptors (Lipinski definition) is 2.